The van der Waals surface area contributed by atoms with Crippen LogP contribution in [0.3, 0.4) is 0 Å². The van der Waals surface area contributed by atoms with E-state index in [1.165, 1.54) is 12.1 Å². The van der Waals surface area contributed by atoms with Gasteiger partial charge in [-0.3, -0.25) is 4.79 Å². The van der Waals surface area contributed by atoms with Gasteiger partial charge >= 0.3 is 5.97 Å². The summed E-state index contributed by atoms with van der Waals surface area (Å²) in [7, 11) is -3.13. The van der Waals surface area contributed by atoms with Gasteiger partial charge in [-0.25, -0.2) is 13.2 Å². The lowest BCUT2D eigenvalue weighted by molar-refractivity contribution is -0.119. The number of ether oxygens (including phenoxy) is 1. The molecule has 0 saturated carbocycles. The van der Waals surface area contributed by atoms with Crippen molar-refractivity contribution in [1.29, 1.82) is 0 Å². The third-order valence-corrected chi connectivity index (χ3v) is 4.23. The largest absolute Gasteiger partial charge is 0.452 e. The van der Waals surface area contributed by atoms with Crippen LogP contribution in [0.1, 0.15) is 21.5 Å². The zero-order chi connectivity index (χ0) is 18.4. The Morgan fingerprint density at radius 2 is 1.68 bits per heavy atom. The molecule has 0 bridgehead atoms. The van der Waals surface area contributed by atoms with Crippen molar-refractivity contribution >= 4 is 27.4 Å². The monoisotopic (exact) mass is 361 g/mol. The Bertz CT molecular complexity index is 873. The molecule has 2 aromatic rings. The van der Waals surface area contributed by atoms with Crippen molar-refractivity contribution in [2.75, 3.05) is 18.2 Å². The van der Waals surface area contributed by atoms with Crippen molar-refractivity contribution in [3.8, 4) is 0 Å². The number of aryl methyl sites for hydroxylation is 1. The first-order valence-corrected chi connectivity index (χ1v) is 9.60. The molecule has 2 rings (SSSR count). The molecule has 0 aliphatic heterocycles. The van der Waals surface area contributed by atoms with Crippen LogP contribution in [-0.2, 0) is 25.1 Å². The molecule has 25 heavy (non-hydrogen) atoms. The lowest BCUT2D eigenvalue weighted by Gasteiger charge is -2.09. The second-order valence-electron chi connectivity index (χ2n) is 5.71. The zero-order valence-electron chi connectivity index (χ0n) is 14.0. The van der Waals surface area contributed by atoms with Crippen molar-refractivity contribution < 1.29 is 22.7 Å². The molecule has 2 aromatic carbocycles. The molecule has 0 fully saturated rings. The number of carbonyl (C=O) groups excluding carboxylic acids is 2. The summed E-state index contributed by atoms with van der Waals surface area (Å²) in [4.78, 5) is 23.8. The molecule has 0 heterocycles. The molecule has 0 aliphatic rings. The van der Waals surface area contributed by atoms with Gasteiger partial charge in [0.05, 0.1) is 11.3 Å². The number of carbonyl (C=O) groups is 2. The van der Waals surface area contributed by atoms with Crippen LogP contribution in [-0.4, -0.2) is 33.2 Å². The summed E-state index contributed by atoms with van der Waals surface area (Å²) in [6.07, 6.45) is 1.14. The molecule has 1 amide bonds. The van der Waals surface area contributed by atoms with E-state index in [0.717, 1.165) is 11.8 Å². The Balaban J connectivity index is 1.89. The second kappa shape index (κ2) is 7.94. The molecule has 6 nitrogen and oxygen atoms in total. The summed E-state index contributed by atoms with van der Waals surface area (Å²) in [5.41, 5.74) is 2.40. The Morgan fingerprint density at radius 1 is 1.04 bits per heavy atom. The Morgan fingerprint density at radius 3 is 2.28 bits per heavy atom. The van der Waals surface area contributed by atoms with Crippen LogP contribution in [0.5, 0.6) is 0 Å². The summed E-state index contributed by atoms with van der Waals surface area (Å²) in [5, 5.41) is 2.67. The summed E-state index contributed by atoms with van der Waals surface area (Å²) in [6, 6.07) is 13.3. The van der Waals surface area contributed by atoms with Crippen molar-refractivity contribution in [2.45, 2.75) is 12.7 Å². The maximum absolute atomic E-state index is 11.9. The first-order valence-electron chi connectivity index (χ1n) is 7.54. The normalized spacial score (nSPS) is 11.0. The third kappa shape index (κ3) is 6.04. The van der Waals surface area contributed by atoms with Gasteiger partial charge in [0.2, 0.25) is 0 Å². The first-order chi connectivity index (χ1) is 11.7. The minimum absolute atomic E-state index is 0.0961. The highest BCUT2D eigenvalue weighted by Crippen LogP contribution is 2.13. The van der Waals surface area contributed by atoms with Crippen molar-refractivity contribution in [3.05, 3.63) is 65.2 Å². The fourth-order valence-electron chi connectivity index (χ4n) is 2.15. The highest BCUT2D eigenvalue weighted by molar-refractivity contribution is 7.89. The summed E-state index contributed by atoms with van der Waals surface area (Å²) >= 11 is 0. The number of rotatable bonds is 6. The van der Waals surface area contributed by atoms with E-state index in [1.807, 2.05) is 19.1 Å². The molecular weight excluding hydrogens is 342 g/mol. The van der Waals surface area contributed by atoms with Gasteiger partial charge in [0.25, 0.3) is 5.91 Å². The van der Waals surface area contributed by atoms with Gasteiger partial charge in [-0.05, 0) is 36.2 Å². The van der Waals surface area contributed by atoms with Crippen LogP contribution < -0.4 is 5.32 Å². The van der Waals surface area contributed by atoms with Crippen LogP contribution in [0.4, 0.5) is 5.69 Å². The number of benzene rings is 2. The van der Waals surface area contributed by atoms with Gasteiger partial charge < -0.3 is 10.1 Å². The number of hydrogen-bond donors (Lipinski definition) is 1. The average Bonchev–Trinajstić information content (AvgIpc) is 2.54. The van der Waals surface area contributed by atoms with Gasteiger partial charge in [0.15, 0.2) is 16.4 Å². The predicted molar refractivity (Wildman–Crippen MR) is 95.1 cm³/mol. The van der Waals surface area contributed by atoms with E-state index in [-0.39, 0.29) is 11.3 Å². The number of sulfone groups is 1. The van der Waals surface area contributed by atoms with E-state index in [2.05, 4.69) is 5.32 Å². The minimum Gasteiger partial charge on any atom is -0.452 e. The minimum atomic E-state index is -3.13. The maximum Gasteiger partial charge on any atom is 0.338 e. The molecule has 7 heteroatoms. The summed E-state index contributed by atoms with van der Waals surface area (Å²) < 4.78 is 27.4. The molecule has 0 aromatic heterocycles. The summed E-state index contributed by atoms with van der Waals surface area (Å²) in [6.45, 7) is 1.46. The summed E-state index contributed by atoms with van der Waals surface area (Å²) in [5.74, 6) is -1.18. The second-order valence-corrected chi connectivity index (χ2v) is 7.85. The number of hydrogen-bond acceptors (Lipinski definition) is 5. The fraction of sp³-hybridized carbons (Fsp3) is 0.222. The van der Waals surface area contributed by atoms with Crippen molar-refractivity contribution in [3.63, 3.8) is 0 Å². The highest BCUT2D eigenvalue weighted by Gasteiger charge is 2.12. The fourth-order valence-corrected chi connectivity index (χ4v) is 2.95. The van der Waals surface area contributed by atoms with Crippen molar-refractivity contribution in [2.24, 2.45) is 0 Å². The van der Waals surface area contributed by atoms with Gasteiger partial charge in [0.1, 0.15) is 0 Å². The molecular formula is C18H19NO5S. The number of para-hydroxylation sites is 1. The molecule has 1 N–H and O–H groups in total. The van der Waals surface area contributed by atoms with Crippen molar-refractivity contribution in [1.82, 2.24) is 0 Å². The molecule has 132 valence electrons. The zero-order valence-corrected chi connectivity index (χ0v) is 14.8. The SMILES string of the molecule is Cc1ccccc1NC(=O)COC(=O)c1ccc(CS(C)(=O)=O)cc1. The standard InChI is InChI=1S/C18H19NO5S/c1-13-5-3-4-6-16(13)19-17(20)11-24-18(21)15-9-7-14(8-10-15)12-25(2,22)23/h3-10H,11-12H2,1-2H3,(H,19,20). The van der Waals surface area contributed by atoms with Crippen LogP contribution in [0.15, 0.2) is 48.5 Å². The van der Waals surface area contributed by atoms with E-state index in [9.17, 15) is 18.0 Å². The maximum atomic E-state index is 11.9. The molecule has 0 atom stereocenters. The van der Waals surface area contributed by atoms with E-state index >= 15 is 0 Å². The molecule has 0 unspecified atom stereocenters. The van der Waals surface area contributed by atoms with E-state index < -0.39 is 28.3 Å². The quantitative estimate of drug-likeness (QED) is 0.798. The van der Waals surface area contributed by atoms with Crippen LogP contribution in [0.25, 0.3) is 0 Å². The smallest absolute Gasteiger partial charge is 0.338 e. The number of esters is 1. The number of amides is 1. The average molecular weight is 361 g/mol. The third-order valence-electron chi connectivity index (χ3n) is 3.37. The number of nitrogens with one attached hydrogen (secondary N) is 1. The molecule has 0 aliphatic carbocycles. The predicted octanol–water partition coefficient (Wildman–Crippen LogP) is 2.34. The van der Waals surface area contributed by atoms with Gasteiger partial charge in [-0.15, -0.1) is 0 Å². The Hall–Kier alpha value is -2.67. The topological polar surface area (TPSA) is 89.5 Å². The van der Waals surface area contributed by atoms with E-state index in [4.69, 9.17) is 4.74 Å². The number of anilines is 1. The highest BCUT2D eigenvalue weighted by atomic mass is 32.2. The lowest BCUT2D eigenvalue weighted by Crippen LogP contribution is -2.21. The first kappa shape index (κ1) is 18.7. The van der Waals surface area contributed by atoms with Crippen LogP contribution in [0.2, 0.25) is 0 Å². The lowest BCUT2D eigenvalue weighted by atomic mass is 10.1. The van der Waals surface area contributed by atoms with Crippen LogP contribution in [0, 0.1) is 6.92 Å². The van der Waals surface area contributed by atoms with Gasteiger partial charge in [0, 0.05) is 11.9 Å². The molecule has 0 radical (unpaired) electrons. The molecule has 0 saturated heterocycles. The Labute approximate surface area is 146 Å². The Kier molecular flexibility index (Phi) is 5.93. The van der Waals surface area contributed by atoms with E-state index in [1.54, 1.807) is 24.3 Å². The van der Waals surface area contributed by atoms with E-state index in [0.29, 0.717) is 11.3 Å². The van der Waals surface area contributed by atoms with Crippen LogP contribution >= 0.6 is 0 Å². The van der Waals surface area contributed by atoms with Gasteiger partial charge in [-0.1, -0.05) is 30.3 Å². The molecule has 0 spiro atoms. The van der Waals surface area contributed by atoms with Gasteiger partial charge in [-0.2, -0.15) is 0 Å².